The molecule has 0 N–H and O–H groups in total. The molecule has 6 nitrogen and oxygen atoms in total. The fourth-order valence-corrected chi connectivity index (χ4v) is 3.38. The normalized spacial score (nSPS) is 23.9. The maximum Gasteiger partial charge on any atom is 0.247 e. The Bertz CT molecular complexity index is 610. The number of hydrogen-bond donors (Lipinski definition) is 0. The molecule has 116 valence electrons. The third-order valence-corrected chi connectivity index (χ3v) is 4.64. The van der Waals surface area contributed by atoms with Crippen molar-refractivity contribution in [2.75, 3.05) is 26.3 Å². The Kier molecular flexibility index (Phi) is 3.86. The van der Waals surface area contributed by atoms with Gasteiger partial charge in [0.05, 0.1) is 5.92 Å². The first-order chi connectivity index (χ1) is 10.9. The minimum Gasteiger partial charge on any atom is -0.420 e. The average molecular weight is 300 g/mol. The summed E-state index contributed by atoms with van der Waals surface area (Å²) in [6, 6.07) is 4.43. The standard InChI is InChI=1S/C16H20N4O2/c1-6-17-7-2-12(1)15-18-19-16(22-15)13-3-8-20(11-13)14-4-9-21-10-5-14/h1-2,6-7,13-14H,3-5,8-11H2/t13-/m0/s1. The van der Waals surface area contributed by atoms with Gasteiger partial charge in [-0.15, -0.1) is 10.2 Å². The van der Waals surface area contributed by atoms with Crippen molar-refractivity contribution in [1.29, 1.82) is 0 Å². The second kappa shape index (κ2) is 6.14. The molecule has 0 aromatic carbocycles. The number of likely N-dealkylation sites (tertiary alicyclic amines) is 1. The Hall–Kier alpha value is -1.79. The SMILES string of the molecule is c1cc(-c2nnc([C@H]3CCN(C4CCOCC4)C3)o2)ccn1. The molecule has 2 aliphatic heterocycles. The summed E-state index contributed by atoms with van der Waals surface area (Å²) < 4.78 is 11.3. The monoisotopic (exact) mass is 300 g/mol. The number of pyridine rings is 1. The van der Waals surface area contributed by atoms with Crippen molar-refractivity contribution in [3.63, 3.8) is 0 Å². The van der Waals surface area contributed by atoms with Crippen molar-refractivity contribution in [2.24, 2.45) is 0 Å². The second-order valence-electron chi connectivity index (χ2n) is 6.01. The van der Waals surface area contributed by atoms with E-state index in [4.69, 9.17) is 9.15 Å². The maximum atomic E-state index is 5.89. The fraction of sp³-hybridized carbons (Fsp3) is 0.562. The molecule has 6 heteroatoms. The molecular formula is C16H20N4O2. The number of aromatic nitrogens is 3. The predicted octanol–water partition coefficient (Wildman–Crippen LogP) is 2.10. The first-order valence-corrected chi connectivity index (χ1v) is 7.96. The van der Waals surface area contributed by atoms with E-state index < -0.39 is 0 Å². The predicted molar refractivity (Wildman–Crippen MR) is 80.3 cm³/mol. The lowest BCUT2D eigenvalue weighted by Crippen LogP contribution is -2.37. The van der Waals surface area contributed by atoms with Crippen LogP contribution in [0.2, 0.25) is 0 Å². The number of ether oxygens (including phenoxy) is 1. The van der Waals surface area contributed by atoms with Crippen molar-refractivity contribution >= 4 is 0 Å². The smallest absolute Gasteiger partial charge is 0.247 e. The Morgan fingerprint density at radius 3 is 2.68 bits per heavy atom. The Morgan fingerprint density at radius 2 is 1.86 bits per heavy atom. The van der Waals surface area contributed by atoms with Crippen LogP contribution in [0.3, 0.4) is 0 Å². The quantitative estimate of drug-likeness (QED) is 0.865. The van der Waals surface area contributed by atoms with E-state index in [0.717, 1.165) is 57.0 Å². The van der Waals surface area contributed by atoms with Gasteiger partial charge in [0.2, 0.25) is 11.8 Å². The van der Waals surface area contributed by atoms with Gasteiger partial charge in [0.15, 0.2) is 0 Å². The van der Waals surface area contributed by atoms with Crippen LogP contribution in [0.4, 0.5) is 0 Å². The lowest BCUT2D eigenvalue weighted by molar-refractivity contribution is 0.0417. The summed E-state index contributed by atoms with van der Waals surface area (Å²) in [6.45, 7) is 3.90. The zero-order chi connectivity index (χ0) is 14.8. The van der Waals surface area contributed by atoms with Crippen molar-refractivity contribution in [2.45, 2.75) is 31.2 Å². The van der Waals surface area contributed by atoms with Gasteiger partial charge < -0.3 is 9.15 Å². The van der Waals surface area contributed by atoms with E-state index in [1.165, 1.54) is 0 Å². The van der Waals surface area contributed by atoms with E-state index >= 15 is 0 Å². The summed E-state index contributed by atoms with van der Waals surface area (Å²) in [6.07, 6.45) is 6.84. The van der Waals surface area contributed by atoms with Crippen molar-refractivity contribution < 1.29 is 9.15 Å². The minimum atomic E-state index is 0.353. The van der Waals surface area contributed by atoms with Gasteiger partial charge in [0.1, 0.15) is 0 Å². The minimum absolute atomic E-state index is 0.353. The molecule has 2 aromatic rings. The van der Waals surface area contributed by atoms with Gasteiger partial charge in [-0.2, -0.15) is 0 Å². The van der Waals surface area contributed by atoms with Gasteiger partial charge in [-0.1, -0.05) is 0 Å². The Morgan fingerprint density at radius 1 is 1.05 bits per heavy atom. The lowest BCUT2D eigenvalue weighted by Gasteiger charge is -2.30. The van der Waals surface area contributed by atoms with Gasteiger partial charge in [-0.3, -0.25) is 9.88 Å². The van der Waals surface area contributed by atoms with Crippen LogP contribution >= 0.6 is 0 Å². The molecule has 4 heterocycles. The molecule has 0 aliphatic carbocycles. The lowest BCUT2D eigenvalue weighted by atomic mass is 10.1. The van der Waals surface area contributed by atoms with Crippen LogP contribution in [-0.4, -0.2) is 52.4 Å². The summed E-state index contributed by atoms with van der Waals surface area (Å²) in [7, 11) is 0. The number of nitrogens with zero attached hydrogens (tertiary/aromatic N) is 4. The molecule has 22 heavy (non-hydrogen) atoms. The average Bonchev–Trinajstić information content (AvgIpc) is 3.26. The topological polar surface area (TPSA) is 64.3 Å². The molecule has 0 amide bonds. The number of rotatable bonds is 3. The van der Waals surface area contributed by atoms with Crippen LogP contribution in [0.1, 0.15) is 31.1 Å². The highest BCUT2D eigenvalue weighted by atomic mass is 16.5. The Balaban J connectivity index is 1.44. The van der Waals surface area contributed by atoms with Gasteiger partial charge in [0.25, 0.3) is 0 Å². The van der Waals surface area contributed by atoms with E-state index in [2.05, 4.69) is 20.1 Å². The van der Waals surface area contributed by atoms with Crippen molar-refractivity contribution in [3.05, 3.63) is 30.4 Å². The van der Waals surface area contributed by atoms with E-state index in [1.807, 2.05) is 12.1 Å². The highest BCUT2D eigenvalue weighted by Gasteiger charge is 2.32. The largest absolute Gasteiger partial charge is 0.420 e. The molecule has 0 unspecified atom stereocenters. The van der Waals surface area contributed by atoms with Crippen molar-refractivity contribution in [1.82, 2.24) is 20.1 Å². The molecule has 0 radical (unpaired) electrons. The summed E-state index contributed by atoms with van der Waals surface area (Å²) >= 11 is 0. The molecule has 4 rings (SSSR count). The fourth-order valence-electron chi connectivity index (χ4n) is 3.38. The molecule has 2 saturated heterocycles. The van der Waals surface area contributed by atoms with Gasteiger partial charge in [-0.25, -0.2) is 0 Å². The van der Waals surface area contributed by atoms with E-state index in [9.17, 15) is 0 Å². The third kappa shape index (κ3) is 2.76. The van der Waals surface area contributed by atoms with E-state index in [0.29, 0.717) is 17.9 Å². The zero-order valence-corrected chi connectivity index (χ0v) is 12.5. The number of hydrogen-bond acceptors (Lipinski definition) is 6. The van der Waals surface area contributed by atoms with Crippen LogP contribution < -0.4 is 0 Å². The molecular weight excluding hydrogens is 280 g/mol. The van der Waals surface area contributed by atoms with E-state index in [-0.39, 0.29) is 0 Å². The summed E-state index contributed by atoms with van der Waals surface area (Å²) in [5.74, 6) is 1.70. The molecule has 2 aromatic heterocycles. The van der Waals surface area contributed by atoms with Crippen LogP contribution in [0.15, 0.2) is 28.9 Å². The molecule has 2 fully saturated rings. The van der Waals surface area contributed by atoms with Crippen LogP contribution in [0.5, 0.6) is 0 Å². The van der Waals surface area contributed by atoms with Crippen molar-refractivity contribution in [3.8, 4) is 11.5 Å². The van der Waals surface area contributed by atoms with Crippen LogP contribution in [-0.2, 0) is 4.74 Å². The maximum absolute atomic E-state index is 5.89. The zero-order valence-electron chi connectivity index (χ0n) is 12.5. The summed E-state index contributed by atoms with van der Waals surface area (Å²) in [4.78, 5) is 6.57. The van der Waals surface area contributed by atoms with Gasteiger partial charge >= 0.3 is 0 Å². The van der Waals surface area contributed by atoms with Gasteiger partial charge in [-0.05, 0) is 37.9 Å². The summed E-state index contributed by atoms with van der Waals surface area (Å²) in [5, 5.41) is 8.45. The first kappa shape index (κ1) is 13.8. The molecule has 0 spiro atoms. The highest BCUT2D eigenvalue weighted by Crippen LogP contribution is 2.31. The third-order valence-electron chi connectivity index (χ3n) is 4.64. The molecule has 2 aliphatic rings. The first-order valence-electron chi connectivity index (χ1n) is 7.96. The molecule has 1 atom stereocenters. The Labute approximate surface area is 129 Å². The van der Waals surface area contributed by atoms with Gasteiger partial charge in [0, 0.05) is 43.8 Å². The second-order valence-corrected chi connectivity index (χ2v) is 6.01. The molecule has 0 bridgehead atoms. The highest BCUT2D eigenvalue weighted by molar-refractivity contribution is 5.50. The summed E-state index contributed by atoms with van der Waals surface area (Å²) in [5.41, 5.74) is 0.924. The van der Waals surface area contributed by atoms with Crippen LogP contribution in [0.25, 0.3) is 11.5 Å². The molecule has 0 saturated carbocycles. The van der Waals surface area contributed by atoms with Crippen LogP contribution in [0, 0.1) is 0 Å². The van der Waals surface area contributed by atoms with E-state index in [1.54, 1.807) is 12.4 Å².